The van der Waals surface area contributed by atoms with Crippen molar-refractivity contribution in [2.45, 2.75) is 25.6 Å². The van der Waals surface area contributed by atoms with Gasteiger partial charge in [-0.25, -0.2) is 28.5 Å². The van der Waals surface area contributed by atoms with Crippen molar-refractivity contribution in [1.29, 1.82) is 0 Å². The second-order valence-corrected chi connectivity index (χ2v) is 8.16. The van der Waals surface area contributed by atoms with Crippen LogP contribution in [0.2, 0.25) is 0 Å². The van der Waals surface area contributed by atoms with E-state index in [1.807, 2.05) is 35.2 Å². The van der Waals surface area contributed by atoms with Gasteiger partial charge in [0.25, 0.3) is 0 Å². The predicted octanol–water partition coefficient (Wildman–Crippen LogP) is 3.72. The van der Waals surface area contributed by atoms with Gasteiger partial charge >= 0.3 is 12.2 Å². The van der Waals surface area contributed by atoms with Crippen LogP contribution >= 0.6 is 0 Å². The van der Waals surface area contributed by atoms with Gasteiger partial charge in [-0.05, 0) is 23.6 Å². The Morgan fingerprint density at radius 3 is 2.52 bits per heavy atom. The van der Waals surface area contributed by atoms with E-state index in [0.717, 1.165) is 15.7 Å². The Labute approximate surface area is 188 Å². The minimum absolute atomic E-state index is 0.0729. The molecule has 0 radical (unpaired) electrons. The SMILES string of the molecule is O=C(O)N1CCc2nc(-c3c(-c4ccccc4)ccnc3N3CC[C@H](F)C3)n(C(=O)O)c2C1. The highest BCUT2D eigenvalue weighted by atomic mass is 19.1. The van der Waals surface area contributed by atoms with Crippen LogP contribution in [0, 0.1) is 0 Å². The van der Waals surface area contributed by atoms with Gasteiger partial charge in [-0.1, -0.05) is 30.3 Å². The maximum atomic E-state index is 14.1. The smallest absolute Gasteiger partial charge is 0.417 e. The molecule has 0 aliphatic carbocycles. The van der Waals surface area contributed by atoms with Crippen LogP contribution in [-0.4, -0.2) is 67.6 Å². The first kappa shape index (κ1) is 20.9. The monoisotopic (exact) mass is 451 g/mol. The number of carboxylic acid groups (broad SMARTS) is 2. The zero-order chi connectivity index (χ0) is 23.1. The van der Waals surface area contributed by atoms with Crippen molar-refractivity contribution in [1.82, 2.24) is 19.4 Å². The fraction of sp³-hybridized carbons (Fsp3) is 0.304. The maximum Gasteiger partial charge on any atom is 0.417 e. The first-order chi connectivity index (χ1) is 15.9. The van der Waals surface area contributed by atoms with Gasteiger partial charge in [-0.2, -0.15) is 0 Å². The molecule has 2 aliphatic rings. The van der Waals surface area contributed by atoms with Crippen LogP contribution in [0.25, 0.3) is 22.5 Å². The number of nitrogens with zero attached hydrogens (tertiary/aromatic N) is 5. The van der Waals surface area contributed by atoms with Crippen LogP contribution in [0.3, 0.4) is 0 Å². The number of aromatic nitrogens is 3. The van der Waals surface area contributed by atoms with E-state index in [-0.39, 0.29) is 25.5 Å². The third-order valence-electron chi connectivity index (χ3n) is 6.15. The maximum absolute atomic E-state index is 14.1. The number of alkyl halides is 1. The lowest BCUT2D eigenvalue weighted by molar-refractivity contribution is 0.137. The Morgan fingerprint density at radius 2 is 1.85 bits per heavy atom. The minimum atomic E-state index is -1.26. The molecule has 4 heterocycles. The number of anilines is 1. The number of pyridine rings is 1. The summed E-state index contributed by atoms with van der Waals surface area (Å²) >= 11 is 0. The second kappa shape index (κ2) is 8.19. The molecular formula is C23H22FN5O4. The third kappa shape index (κ3) is 3.67. The lowest BCUT2D eigenvalue weighted by Gasteiger charge is -2.24. The standard InChI is InChI=1S/C23H22FN5O4/c24-15-7-10-27(12-15)20-19(16(6-9-25-20)14-4-2-1-3-5-14)21-26-17-8-11-28(22(30)31)13-18(17)29(21)23(32)33/h1-6,9,15H,7-8,10-13H2,(H,30,31)(H,32,33)/t15-/m0/s1. The van der Waals surface area contributed by atoms with Crippen LogP contribution < -0.4 is 4.90 Å². The van der Waals surface area contributed by atoms with Crippen molar-refractivity contribution in [2.75, 3.05) is 24.5 Å². The molecule has 1 amide bonds. The summed E-state index contributed by atoms with van der Waals surface area (Å²) in [5, 5.41) is 19.5. The molecule has 10 heteroatoms. The van der Waals surface area contributed by atoms with Crippen LogP contribution in [0.1, 0.15) is 17.8 Å². The molecule has 3 aromatic rings. The third-order valence-corrected chi connectivity index (χ3v) is 6.15. The lowest BCUT2D eigenvalue weighted by atomic mass is 10.00. The quantitative estimate of drug-likeness (QED) is 0.624. The number of rotatable bonds is 3. The molecule has 1 fully saturated rings. The van der Waals surface area contributed by atoms with Gasteiger partial charge in [-0.15, -0.1) is 0 Å². The van der Waals surface area contributed by atoms with E-state index in [9.17, 15) is 24.2 Å². The molecule has 2 aliphatic heterocycles. The zero-order valence-electron chi connectivity index (χ0n) is 17.7. The summed E-state index contributed by atoms with van der Waals surface area (Å²) in [4.78, 5) is 36.1. The van der Waals surface area contributed by atoms with Gasteiger partial charge in [0.2, 0.25) is 0 Å². The van der Waals surface area contributed by atoms with E-state index >= 15 is 0 Å². The molecule has 170 valence electrons. The van der Waals surface area contributed by atoms with E-state index in [1.54, 1.807) is 12.3 Å². The summed E-state index contributed by atoms with van der Waals surface area (Å²) < 4.78 is 15.1. The average Bonchev–Trinajstić information content (AvgIpc) is 3.42. The van der Waals surface area contributed by atoms with E-state index in [1.165, 1.54) is 4.90 Å². The molecule has 0 bridgehead atoms. The van der Waals surface area contributed by atoms with Crippen LogP contribution in [-0.2, 0) is 13.0 Å². The summed E-state index contributed by atoms with van der Waals surface area (Å²) in [6.45, 7) is 0.786. The fourth-order valence-corrected chi connectivity index (χ4v) is 4.58. The number of benzene rings is 1. The molecule has 1 saturated heterocycles. The van der Waals surface area contributed by atoms with E-state index in [2.05, 4.69) is 9.97 Å². The summed E-state index contributed by atoms with van der Waals surface area (Å²) in [6, 6.07) is 11.3. The second-order valence-electron chi connectivity index (χ2n) is 8.16. The number of imidazole rings is 1. The normalized spacial score (nSPS) is 17.8. The first-order valence-corrected chi connectivity index (χ1v) is 10.7. The van der Waals surface area contributed by atoms with Crippen LogP contribution in [0.5, 0.6) is 0 Å². The molecule has 2 aromatic heterocycles. The number of carbonyl (C=O) groups is 2. The number of amides is 1. The van der Waals surface area contributed by atoms with Crippen molar-refractivity contribution in [2.24, 2.45) is 0 Å². The van der Waals surface area contributed by atoms with Gasteiger partial charge < -0.3 is 20.0 Å². The Balaban J connectivity index is 1.75. The Hall–Kier alpha value is -3.95. The minimum Gasteiger partial charge on any atom is -0.465 e. The van der Waals surface area contributed by atoms with Crippen molar-refractivity contribution in [3.05, 3.63) is 54.0 Å². The molecule has 1 aromatic carbocycles. The predicted molar refractivity (Wildman–Crippen MR) is 118 cm³/mol. The molecule has 0 unspecified atom stereocenters. The number of halogens is 1. The van der Waals surface area contributed by atoms with Crippen molar-refractivity contribution in [3.63, 3.8) is 0 Å². The first-order valence-electron chi connectivity index (χ1n) is 10.7. The topological polar surface area (TPSA) is 112 Å². The summed E-state index contributed by atoms with van der Waals surface area (Å²) in [7, 11) is 0. The molecule has 5 rings (SSSR count). The number of hydrogen-bond acceptors (Lipinski definition) is 5. The summed E-state index contributed by atoms with van der Waals surface area (Å²) in [5.41, 5.74) is 2.93. The largest absolute Gasteiger partial charge is 0.465 e. The number of fused-ring (bicyclic) bond motifs is 1. The zero-order valence-corrected chi connectivity index (χ0v) is 17.7. The highest BCUT2D eigenvalue weighted by Crippen LogP contribution is 2.40. The molecule has 0 spiro atoms. The van der Waals surface area contributed by atoms with E-state index in [0.29, 0.717) is 42.2 Å². The molecule has 2 N–H and O–H groups in total. The number of hydrogen-bond donors (Lipinski definition) is 2. The average molecular weight is 451 g/mol. The highest BCUT2D eigenvalue weighted by molar-refractivity contribution is 5.91. The molecule has 0 saturated carbocycles. The molecule has 9 nitrogen and oxygen atoms in total. The van der Waals surface area contributed by atoms with E-state index in [4.69, 9.17) is 0 Å². The van der Waals surface area contributed by atoms with Crippen molar-refractivity contribution in [3.8, 4) is 22.5 Å². The highest BCUT2D eigenvalue weighted by Gasteiger charge is 2.33. The summed E-state index contributed by atoms with van der Waals surface area (Å²) in [6.07, 6.45) is -1.05. The van der Waals surface area contributed by atoms with Gasteiger partial charge in [-0.3, -0.25) is 0 Å². The van der Waals surface area contributed by atoms with Gasteiger partial charge in [0, 0.05) is 25.7 Å². The van der Waals surface area contributed by atoms with E-state index < -0.39 is 18.4 Å². The van der Waals surface area contributed by atoms with Crippen molar-refractivity contribution < 1.29 is 24.2 Å². The van der Waals surface area contributed by atoms with Crippen LogP contribution in [0.15, 0.2) is 42.6 Å². The summed E-state index contributed by atoms with van der Waals surface area (Å²) in [5.74, 6) is 0.639. The lowest BCUT2D eigenvalue weighted by Crippen LogP contribution is -2.36. The Bertz CT molecular complexity index is 1230. The van der Waals surface area contributed by atoms with Gasteiger partial charge in [0.15, 0.2) is 5.82 Å². The molecule has 33 heavy (non-hydrogen) atoms. The Kier molecular flexibility index (Phi) is 5.20. The van der Waals surface area contributed by atoms with Gasteiger partial charge in [0.1, 0.15) is 12.0 Å². The molecular weight excluding hydrogens is 429 g/mol. The fourth-order valence-electron chi connectivity index (χ4n) is 4.58. The Morgan fingerprint density at radius 1 is 1.06 bits per heavy atom. The van der Waals surface area contributed by atoms with Gasteiger partial charge in [0.05, 0.1) is 30.0 Å². The molecule has 1 atom stereocenters. The van der Waals surface area contributed by atoms with Crippen molar-refractivity contribution >= 4 is 18.0 Å². The van der Waals surface area contributed by atoms with Crippen LogP contribution in [0.4, 0.5) is 19.8 Å².